The summed E-state index contributed by atoms with van der Waals surface area (Å²) in [7, 11) is 1.84. The molecule has 0 bridgehead atoms. The molecule has 126 valence electrons. The predicted octanol–water partition coefficient (Wildman–Crippen LogP) is 4.36. The molecule has 0 amide bonds. The van der Waals surface area contributed by atoms with Crippen LogP contribution >= 0.6 is 12.4 Å². The Kier molecular flexibility index (Phi) is 7.39. The molecule has 0 aliphatic carbocycles. The summed E-state index contributed by atoms with van der Waals surface area (Å²) in [4.78, 5) is 0. The highest BCUT2D eigenvalue weighted by Crippen LogP contribution is 2.29. The van der Waals surface area contributed by atoms with E-state index in [1.54, 1.807) is 12.1 Å². The fraction of sp³-hybridized carbons (Fsp3) is 0.294. The summed E-state index contributed by atoms with van der Waals surface area (Å²) in [6.07, 6.45) is -3.53. The third kappa shape index (κ3) is 6.50. The van der Waals surface area contributed by atoms with Crippen LogP contribution in [0.25, 0.3) is 0 Å². The molecule has 0 aliphatic heterocycles. The first-order valence-corrected chi connectivity index (χ1v) is 7.04. The van der Waals surface area contributed by atoms with Gasteiger partial charge < -0.3 is 10.1 Å². The lowest BCUT2D eigenvalue weighted by atomic mass is 10.0. The van der Waals surface area contributed by atoms with Crippen LogP contribution in [0.4, 0.5) is 13.2 Å². The highest BCUT2D eigenvalue weighted by molar-refractivity contribution is 5.85. The van der Waals surface area contributed by atoms with Gasteiger partial charge in [0.15, 0.2) is 0 Å². The summed E-state index contributed by atoms with van der Waals surface area (Å²) < 4.78 is 41.7. The van der Waals surface area contributed by atoms with Crippen LogP contribution in [0.2, 0.25) is 0 Å². The van der Waals surface area contributed by atoms with E-state index in [2.05, 4.69) is 10.1 Å². The van der Waals surface area contributed by atoms with E-state index in [-0.39, 0.29) is 18.2 Å². The maximum absolute atomic E-state index is 12.5. The molecule has 0 saturated heterocycles. The van der Waals surface area contributed by atoms with E-state index in [0.717, 1.165) is 24.1 Å². The molecule has 2 aromatic carbocycles. The van der Waals surface area contributed by atoms with Crippen molar-refractivity contribution in [3.05, 3.63) is 65.2 Å². The van der Waals surface area contributed by atoms with Crippen molar-refractivity contribution >= 4 is 12.4 Å². The van der Waals surface area contributed by atoms with Crippen LogP contribution in [-0.2, 0) is 12.8 Å². The van der Waals surface area contributed by atoms with E-state index in [4.69, 9.17) is 0 Å². The molecule has 0 radical (unpaired) electrons. The maximum Gasteiger partial charge on any atom is 0.573 e. The van der Waals surface area contributed by atoms with Crippen molar-refractivity contribution in [2.45, 2.75) is 19.2 Å². The van der Waals surface area contributed by atoms with Gasteiger partial charge in [-0.05, 0) is 42.8 Å². The van der Waals surface area contributed by atoms with Crippen molar-refractivity contribution in [2.24, 2.45) is 0 Å². The smallest absolute Gasteiger partial charge is 0.405 e. The Morgan fingerprint density at radius 2 is 1.70 bits per heavy atom. The Balaban J connectivity index is 0.00000264. The van der Waals surface area contributed by atoms with Crippen LogP contribution < -0.4 is 10.1 Å². The fourth-order valence-electron chi connectivity index (χ4n) is 2.24. The molecule has 0 fully saturated rings. The summed E-state index contributed by atoms with van der Waals surface area (Å²) in [5, 5.41) is 3.03. The Morgan fingerprint density at radius 1 is 1.00 bits per heavy atom. The molecule has 0 aliphatic rings. The van der Waals surface area contributed by atoms with E-state index in [1.165, 1.54) is 6.07 Å². The summed E-state index contributed by atoms with van der Waals surface area (Å²) in [6, 6.07) is 14.2. The minimum atomic E-state index is -4.68. The van der Waals surface area contributed by atoms with Gasteiger partial charge in [0, 0.05) is 6.42 Å². The molecule has 0 aromatic heterocycles. The molecule has 2 aromatic rings. The number of halogens is 4. The molecular formula is C17H19ClF3NO. The second-order valence-corrected chi connectivity index (χ2v) is 5.01. The van der Waals surface area contributed by atoms with E-state index in [1.807, 2.05) is 37.4 Å². The zero-order valence-corrected chi connectivity index (χ0v) is 13.5. The average Bonchev–Trinajstić information content (AvgIpc) is 2.47. The highest BCUT2D eigenvalue weighted by Gasteiger charge is 2.32. The minimum Gasteiger partial charge on any atom is -0.405 e. The van der Waals surface area contributed by atoms with Gasteiger partial charge in [0.05, 0.1) is 0 Å². The Morgan fingerprint density at radius 3 is 2.30 bits per heavy atom. The Hall–Kier alpha value is -1.72. The number of hydrogen-bond donors (Lipinski definition) is 1. The van der Waals surface area contributed by atoms with Crippen LogP contribution in [0, 0.1) is 0 Å². The van der Waals surface area contributed by atoms with Gasteiger partial charge in [-0.2, -0.15) is 0 Å². The van der Waals surface area contributed by atoms with E-state index < -0.39 is 6.36 Å². The van der Waals surface area contributed by atoms with Gasteiger partial charge in [0.2, 0.25) is 0 Å². The van der Waals surface area contributed by atoms with Crippen molar-refractivity contribution in [3.8, 4) is 5.75 Å². The van der Waals surface area contributed by atoms with Gasteiger partial charge in [-0.15, -0.1) is 25.6 Å². The highest BCUT2D eigenvalue weighted by atomic mass is 35.5. The van der Waals surface area contributed by atoms with Crippen LogP contribution in [0.15, 0.2) is 48.5 Å². The minimum absolute atomic E-state index is 0. The Bertz CT molecular complexity index is 603. The van der Waals surface area contributed by atoms with Crippen molar-refractivity contribution in [1.29, 1.82) is 0 Å². The third-order valence-corrected chi connectivity index (χ3v) is 3.25. The molecule has 0 atom stereocenters. The summed E-state index contributed by atoms with van der Waals surface area (Å²) in [5.74, 6) is -0.135. The summed E-state index contributed by atoms with van der Waals surface area (Å²) >= 11 is 0. The number of ether oxygens (including phenoxy) is 1. The molecule has 2 rings (SSSR count). The summed E-state index contributed by atoms with van der Waals surface area (Å²) in [5.41, 5.74) is 2.47. The number of hydrogen-bond acceptors (Lipinski definition) is 2. The van der Waals surface area contributed by atoms with Gasteiger partial charge in [0.25, 0.3) is 0 Å². The van der Waals surface area contributed by atoms with Crippen molar-refractivity contribution < 1.29 is 17.9 Å². The average molecular weight is 346 g/mol. The first-order valence-electron chi connectivity index (χ1n) is 7.04. The molecule has 0 heterocycles. The fourth-order valence-corrected chi connectivity index (χ4v) is 2.24. The maximum atomic E-state index is 12.5. The lowest BCUT2D eigenvalue weighted by Crippen LogP contribution is -2.18. The second-order valence-electron chi connectivity index (χ2n) is 5.01. The van der Waals surface area contributed by atoms with Gasteiger partial charge in [0.1, 0.15) is 5.75 Å². The number of alkyl halides is 3. The van der Waals surface area contributed by atoms with Gasteiger partial charge >= 0.3 is 6.36 Å². The van der Waals surface area contributed by atoms with E-state index in [0.29, 0.717) is 12.0 Å². The largest absolute Gasteiger partial charge is 0.573 e. The van der Waals surface area contributed by atoms with E-state index >= 15 is 0 Å². The molecule has 0 spiro atoms. The molecule has 0 unspecified atom stereocenters. The van der Waals surface area contributed by atoms with E-state index in [9.17, 15) is 13.2 Å². The van der Waals surface area contributed by atoms with Crippen LogP contribution in [0.3, 0.4) is 0 Å². The first kappa shape index (κ1) is 19.3. The van der Waals surface area contributed by atoms with Crippen LogP contribution in [-0.4, -0.2) is 20.0 Å². The second kappa shape index (κ2) is 8.79. The molecule has 6 heteroatoms. The molecule has 0 saturated carbocycles. The number of rotatable bonds is 6. The zero-order valence-electron chi connectivity index (χ0n) is 12.7. The normalized spacial score (nSPS) is 11.0. The number of benzene rings is 2. The van der Waals surface area contributed by atoms with Gasteiger partial charge in [-0.3, -0.25) is 0 Å². The molecule has 1 N–H and O–H groups in total. The third-order valence-electron chi connectivity index (χ3n) is 3.25. The number of likely N-dealkylation sites (N-methyl/N-ethyl adjacent to an activating group) is 1. The van der Waals surface area contributed by atoms with Crippen LogP contribution in [0.5, 0.6) is 5.75 Å². The Labute approximate surface area is 140 Å². The molecule has 2 nitrogen and oxygen atoms in total. The van der Waals surface area contributed by atoms with Gasteiger partial charge in [-0.25, -0.2) is 0 Å². The quantitative estimate of drug-likeness (QED) is 0.840. The predicted molar refractivity (Wildman–Crippen MR) is 87.3 cm³/mol. The first-order chi connectivity index (χ1) is 10.5. The standard InChI is InChI=1S/C17H18F3NO.ClH/c1-21-10-9-14-7-8-16(22-17(18,19)20)15(12-14)11-13-5-3-2-4-6-13;/h2-8,12,21H,9-11H2,1H3;1H. The van der Waals surface area contributed by atoms with Crippen molar-refractivity contribution in [3.63, 3.8) is 0 Å². The summed E-state index contributed by atoms with van der Waals surface area (Å²) in [6.45, 7) is 0.768. The van der Waals surface area contributed by atoms with Crippen molar-refractivity contribution in [1.82, 2.24) is 5.32 Å². The lowest BCUT2D eigenvalue weighted by Gasteiger charge is -2.15. The molecule has 23 heavy (non-hydrogen) atoms. The number of nitrogens with one attached hydrogen (secondary N) is 1. The zero-order chi connectivity index (χ0) is 16.0. The van der Waals surface area contributed by atoms with Crippen molar-refractivity contribution in [2.75, 3.05) is 13.6 Å². The lowest BCUT2D eigenvalue weighted by molar-refractivity contribution is -0.274. The topological polar surface area (TPSA) is 21.3 Å². The molecular weight excluding hydrogens is 327 g/mol. The van der Waals surface area contributed by atoms with Gasteiger partial charge in [-0.1, -0.05) is 42.5 Å². The SMILES string of the molecule is CNCCc1ccc(OC(F)(F)F)c(Cc2ccccc2)c1.Cl. The monoisotopic (exact) mass is 345 g/mol. The van der Waals surface area contributed by atoms with Crippen LogP contribution in [0.1, 0.15) is 16.7 Å².